The highest BCUT2D eigenvalue weighted by molar-refractivity contribution is 5.92. The number of amides is 2. The topological polar surface area (TPSA) is 55.7 Å². The summed E-state index contributed by atoms with van der Waals surface area (Å²) in [6, 6.07) is 10.3. The van der Waals surface area contributed by atoms with E-state index in [0.717, 1.165) is 24.0 Å². The number of ether oxygens (including phenoxy) is 2. The molecular weight excluding hydrogens is 373 g/mol. The molecule has 0 spiro atoms. The first-order chi connectivity index (χ1) is 14.1. The van der Waals surface area contributed by atoms with Crippen LogP contribution in [0.2, 0.25) is 0 Å². The Labute approximate surface area is 168 Å². The quantitative estimate of drug-likeness (QED) is 0.707. The van der Waals surface area contributed by atoms with Crippen LogP contribution in [0.25, 0.3) is 10.9 Å². The van der Waals surface area contributed by atoms with E-state index in [4.69, 9.17) is 9.47 Å². The molecule has 6 nitrogen and oxygen atoms in total. The second-order valence-electron chi connectivity index (χ2n) is 7.10. The molecule has 1 aromatic heterocycles. The average molecular weight is 397 g/mol. The maximum Gasteiger partial charge on any atom is 0.322 e. The summed E-state index contributed by atoms with van der Waals surface area (Å²) >= 11 is 0. The van der Waals surface area contributed by atoms with Crippen molar-refractivity contribution in [1.29, 1.82) is 0 Å². The maximum atomic E-state index is 13.9. The number of anilines is 1. The normalized spacial score (nSPS) is 13.4. The Morgan fingerprint density at radius 3 is 2.83 bits per heavy atom. The van der Waals surface area contributed by atoms with Crippen LogP contribution in [0.1, 0.15) is 11.1 Å². The van der Waals surface area contributed by atoms with Gasteiger partial charge in [-0.1, -0.05) is 12.1 Å². The molecule has 1 N–H and O–H groups in total. The van der Waals surface area contributed by atoms with Gasteiger partial charge < -0.3 is 24.3 Å². The summed E-state index contributed by atoms with van der Waals surface area (Å²) in [7, 11) is 3.11. The van der Waals surface area contributed by atoms with Gasteiger partial charge in [0.25, 0.3) is 0 Å². The zero-order valence-electron chi connectivity index (χ0n) is 16.6. The molecule has 2 heterocycles. The first kappa shape index (κ1) is 19.3. The number of urea groups is 1. The van der Waals surface area contributed by atoms with Gasteiger partial charge in [-0.3, -0.25) is 0 Å². The van der Waals surface area contributed by atoms with Crippen molar-refractivity contribution in [2.24, 2.45) is 0 Å². The van der Waals surface area contributed by atoms with Crippen molar-refractivity contribution in [2.75, 3.05) is 32.7 Å². The van der Waals surface area contributed by atoms with Gasteiger partial charge in [0.2, 0.25) is 0 Å². The van der Waals surface area contributed by atoms with Gasteiger partial charge >= 0.3 is 6.03 Å². The predicted octanol–water partition coefficient (Wildman–Crippen LogP) is 4.03. The van der Waals surface area contributed by atoms with Crippen LogP contribution in [-0.4, -0.2) is 42.9 Å². The number of carbonyl (C=O) groups is 1. The Kier molecular flexibility index (Phi) is 5.40. The molecule has 1 aliphatic rings. The van der Waals surface area contributed by atoms with Crippen molar-refractivity contribution >= 4 is 22.6 Å². The van der Waals surface area contributed by atoms with Gasteiger partial charge in [-0.05, 0) is 35.7 Å². The zero-order chi connectivity index (χ0) is 20.4. The molecule has 4 rings (SSSR count). The number of carbonyl (C=O) groups excluding carboxylic acids is 1. The second-order valence-corrected chi connectivity index (χ2v) is 7.10. The van der Waals surface area contributed by atoms with Crippen LogP contribution in [0, 0.1) is 5.82 Å². The SMILES string of the molecule is COCCn1cc2c3c(cccc31)CN(C(=O)Nc1ccc(OC)c(F)c1)CC2. The van der Waals surface area contributed by atoms with Crippen molar-refractivity contribution in [3.63, 3.8) is 0 Å². The smallest absolute Gasteiger partial charge is 0.322 e. The van der Waals surface area contributed by atoms with E-state index in [1.54, 1.807) is 18.1 Å². The number of hydrogen-bond acceptors (Lipinski definition) is 3. The summed E-state index contributed by atoms with van der Waals surface area (Å²) in [4.78, 5) is 14.6. The number of rotatable bonds is 5. The summed E-state index contributed by atoms with van der Waals surface area (Å²) in [5.74, 6) is -0.360. The minimum absolute atomic E-state index is 0.147. The molecule has 152 valence electrons. The van der Waals surface area contributed by atoms with E-state index in [9.17, 15) is 9.18 Å². The standard InChI is InChI=1S/C22H24FN3O3/c1-28-11-10-25-13-16-8-9-26(14-15-4-3-5-19(25)21(15)16)22(27)24-17-6-7-20(29-2)18(23)12-17/h3-7,12-13H,8-11,14H2,1-2H3,(H,24,27). The second kappa shape index (κ2) is 8.13. The van der Waals surface area contributed by atoms with Gasteiger partial charge in [0.15, 0.2) is 11.6 Å². The fraction of sp³-hybridized carbons (Fsp3) is 0.318. The molecule has 3 aromatic rings. The summed E-state index contributed by atoms with van der Waals surface area (Å²) in [6.45, 7) is 2.54. The Morgan fingerprint density at radius 2 is 2.07 bits per heavy atom. The molecule has 2 amide bonds. The number of nitrogens with zero attached hydrogens (tertiary/aromatic N) is 2. The lowest BCUT2D eigenvalue weighted by atomic mass is 10.1. The fourth-order valence-electron chi connectivity index (χ4n) is 3.87. The first-order valence-electron chi connectivity index (χ1n) is 9.58. The lowest BCUT2D eigenvalue weighted by molar-refractivity contribution is 0.188. The third-order valence-corrected chi connectivity index (χ3v) is 5.31. The van der Waals surface area contributed by atoms with Crippen LogP contribution in [0.4, 0.5) is 14.9 Å². The highest BCUT2D eigenvalue weighted by Crippen LogP contribution is 2.30. The highest BCUT2D eigenvalue weighted by Gasteiger charge is 2.22. The molecular formula is C22H24FN3O3. The molecule has 0 unspecified atom stereocenters. The number of benzene rings is 2. The lowest BCUT2D eigenvalue weighted by Gasteiger charge is -2.22. The third kappa shape index (κ3) is 3.78. The van der Waals surface area contributed by atoms with E-state index in [1.165, 1.54) is 30.2 Å². The Hall–Kier alpha value is -3.06. The number of hydrogen-bond donors (Lipinski definition) is 1. The van der Waals surface area contributed by atoms with Crippen molar-refractivity contribution in [1.82, 2.24) is 9.47 Å². The zero-order valence-corrected chi connectivity index (χ0v) is 16.6. The molecule has 2 aromatic carbocycles. The monoisotopic (exact) mass is 397 g/mol. The van der Waals surface area contributed by atoms with E-state index < -0.39 is 5.82 Å². The van der Waals surface area contributed by atoms with E-state index in [-0.39, 0.29) is 11.8 Å². The summed E-state index contributed by atoms with van der Waals surface area (Å²) in [5.41, 5.74) is 3.91. The predicted molar refractivity (Wildman–Crippen MR) is 110 cm³/mol. The number of halogens is 1. The number of aromatic nitrogens is 1. The lowest BCUT2D eigenvalue weighted by Crippen LogP contribution is -2.35. The van der Waals surface area contributed by atoms with Crippen LogP contribution < -0.4 is 10.1 Å². The molecule has 0 atom stereocenters. The van der Waals surface area contributed by atoms with Gasteiger partial charge in [-0.2, -0.15) is 0 Å². The van der Waals surface area contributed by atoms with Crippen LogP contribution in [-0.2, 0) is 24.2 Å². The van der Waals surface area contributed by atoms with Crippen LogP contribution in [0.3, 0.4) is 0 Å². The number of methoxy groups -OCH3 is 2. The molecule has 1 aliphatic heterocycles. The minimum Gasteiger partial charge on any atom is -0.494 e. The van der Waals surface area contributed by atoms with Crippen LogP contribution >= 0.6 is 0 Å². The van der Waals surface area contributed by atoms with Crippen LogP contribution in [0.15, 0.2) is 42.6 Å². The van der Waals surface area contributed by atoms with Crippen LogP contribution in [0.5, 0.6) is 5.75 Å². The Bertz CT molecular complexity index is 1050. The van der Waals surface area contributed by atoms with Gasteiger partial charge in [-0.15, -0.1) is 0 Å². The van der Waals surface area contributed by atoms with Crippen molar-refractivity contribution in [3.8, 4) is 5.75 Å². The van der Waals surface area contributed by atoms with E-state index in [2.05, 4.69) is 28.2 Å². The molecule has 0 bridgehead atoms. The first-order valence-corrected chi connectivity index (χ1v) is 9.58. The van der Waals surface area contributed by atoms with Gasteiger partial charge in [0.05, 0.1) is 13.7 Å². The minimum atomic E-state index is -0.507. The van der Waals surface area contributed by atoms with Gasteiger partial charge in [0, 0.05) is 55.6 Å². The van der Waals surface area contributed by atoms with Crippen molar-refractivity contribution in [3.05, 3.63) is 59.5 Å². The van der Waals surface area contributed by atoms with Crippen molar-refractivity contribution in [2.45, 2.75) is 19.5 Å². The average Bonchev–Trinajstić information content (AvgIpc) is 2.96. The molecule has 0 radical (unpaired) electrons. The fourth-order valence-corrected chi connectivity index (χ4v) is 3.87. The maximum absolute atomic E-state index is 13.9. The largest absolute Gasteiger partial charge is 0.494 e. The Morgan fingerprint density at radius 1 is 1.21 bits per heavy atom. The third-order valence-electron chi connectivity index (χ3n) is 5.31. The summed E-state index contributed by atoms with van der Waals surface area (Å²) in [5, 5.41) is 4.01. The molecule has 0 saturated carbocycles. The van der Waals surface area contributed by atoms with Gasteiger partial charge in [-0.25, -0.2) is 9.18 Å². The highest BCUT2D eigenvalue weighted by atomic mass is 19.1. The molecule has 29 heavy (non-hydrogen) atoms. The molecule has 0 fully saturated rings. The summed E-state index contributed by atoms with van der Waals surface area (Å²) in [6.07, 6.45) is 2.92. The van der Waals surface area contributed by atoms with E-state index >= 15 is 0 Å². The summed E-state index contributed by atoms with van der Waals surface area (Å²) < 4.78 is 26.3. The number of nitrogens with one attached hydrogen (secondary N) is 1. The molecule has 0 saturated heterocycles. The van der Waals surface area contributed by atoms with Crippen molar-refractivity contribution < 1.29 is 18.7 Å². The van der Waals surface area contributed by atoms with E-state index in [0.29, 0.717) is 25.4 Å². The Balaban J connectivity index is 1.55. The van der Waals surface area contributed by atoms with E-state index in [1.807, 2.05) is 6.07 Å². The molecule has 7 heteroatoms. The molecule has 0 aliphatic carbocycles. The van der Waals surface area contributed by atoms with Gasteiger partial charge in [0.1, 0.15) is 0 Å².